The van der Waals surface area contributed by atoms with Gasteiger partial charge in [-0.05, 0) is 35.9 Å². The van der Waals surface area contributed by atoms with E-state index in [-0.39, 0.29) is 22.2 Å². The zero-order valence-electron chi connectivity index (χ0n) is 19.1. The van der Waals surface area contributed by atoms with Gasteiger partial charge in [0.15, 0.2) is 0 Å². The van der Waals surface area contributed by atoms with Crippen LogP contribution >= 0.6 is 23.2 Å². The molecule has 0 spiro atoms. The monoisotopic (exact) mass is 524 g/mol. The summed E-state index contributed by atoms with van der Waals surface area (Å²) in [5.74, 6) is -0.540. The number of amides is 2. The molecule has 1 fully saturated rings. The van der Waals surface area contributed by atoms with Crippen LogP contribution in [0.4, 0.5) is 17.1 Å². The molecule has 0 atom stereocenters. The van der Waals surface area contributed by atoms with Gasteiger partial charge >= 0.3 is 0 Å². The summed E-state index contributed by atoms with van der Waals surface area (Å²) < 4.78 is 0. The third kappa shape index (κ3) is 6.02. The lowest BCUT2D eigenvalue weighted by molar-refractivity contribution is -0.384. The van der Waals surface area contributed by atoms with Crippen molar-refractivity contribution in [3.8, 4) is 0 Å². The number of anilines is 2. The predicted octanol–water partition coefficient (Wildman–Crippen LogP) is 5.52. The van der Waals surface area contributed by atoms with Crippen molar-refractivity contribution in [2.75, 3.05) is 36.4 Å². The molecule has 0 unspecified atom stereocenters. The van der Waals surface area contributed by atoms with Crippen LogP contribution in [-0.4, -0.2) is 47.8 Å². The Hall–Kier alpha value is -3.88. The third-order valence-corrected chi connectivity index (χ3v) is 6.38. The van der Waals surface area contributed by atoms with E-state index in [9.17, 15) is 19.7 Å². The number of nitro benzene ring substituents is 1. The van der Waals surface area contributed by atoms with Crippen LogP contribution in [0.1, 0.15) is 15.9 Å². The fraction of sp³-hybridized carbons (Fsp3) is 0.154. The van der Waals surface area contributed by atoms with Crippen molar-refractivity contribution >= 4 is 58.2 Å². The van der Waals surface area contributed by atoms with Crippen LogP contribution < -0.4 is 10.2 Å². The van der Waals surface area contributed by atoms with Gasteiger partial charge in [0, 0.05) is 50.1 Å². The molecular weight excluding hydrogens is 503 g/mol. The van der Waals surface area contributed by atoms with Crippen LogP contribution in [0.25, 0.3) is 6.08 Å². The van der Waals surface area contributed by atoms with E-state index < -0.39 is 10.8 Å². The summed E-state index contributed by atoms with van der Waals surface area (Å²) in [7, 11) is 0. The summed E-state index contributed by atoms with van der Waals surface area (Å²) in [5, 5.41) is 14.0. The molecule has 0 saturated carbocycles. The predicted molar refractivity (Wildman–Crippen MR) is 142 cm³/mol. The van der Waals surface area contributed by atoms with Crippen molar-refractivity contribution in [2.45, 2.75) is 0 Å². The fourth-order valence-corrected chi connectivity index (χ4v) is 4.41. The summed E-state index contributed by atoms with van der Waals surface area (Å²) in [6.07, 6.45) is 3.40. The lowest BCUT2D eigenvalue weighted by Crippen LogP contribution is -2.48. The minimum absolute atomic E-state index is 0.0181. The molecule has 2 amide bonds. The molecule has 3 aromatic rings. The van der Waals surface area contributed by atoms with E-state index in [0.29, 0.717) is 36.9 Å². The number of carbonyl (C=O) groups excluding carboxylic acids is 2. The van der Waals surface area contributed by atoms with Crippen LogP contribution in [0.15, 0.2) is 72.8 Å². The van der Waals surface area contributed by atoms with Gasteiger partial charge < -0.3 is 15.1 Å². The molecule has 3 aromatic carbocycles. The number of non-ortho nitro benzene ring substituents is 1. The van der Waals surface area contributed by atoms with Crippen LogP contribution in [0.3, 0.4) is 0 Å². The minimum atomic E-state index is -0.580. The van der Waals surface area contributed by atoms with E-state index >= 15 is 0 Å². The van der Waals surface area contributed by atoms with Crippen LogP contribution in [0.2, 0.25) is 10.0 Å². The summed E-state index contributed by atoms with van der Waals surface area (Å²) >= 11 is 12.6. The Morgan fingerprint density at radius 2 is 1.64 bits per heavy atom. The number of halogens is 2. The highest BCUT2D eigenvalue weighted by molar-refractivity contribution is 6.35. The molecule has 184 valence electrons. The van der Waals surface area contributed by atoms with Gasteiger partial charge in [-0.1, -0.05) is 53.5 Å². The van der Waals surface area contributed by atoms with Crippen molar-refractivity contribution in [1.29, 1.82) is 0 Å². The molecule has 1 aliphatic rings. The maximum Gasteiger partial charge on any atom is 0.270 e. The van der Waals surface area contributed by atoms with Crippen molar-refractivity contribution < 1.29 is 14.5 Å². The second kappa shape index (κ2) is 11.2. The van der Waals surface area contributed by atoms with E-state index in [1.165, 1.54) is 12.1 Å². The number of benzene rings is 3. The zero-order valence-corrected chi connectivity index (χ0v) is 20.6. The number of nitrogens with zero attached hydrogens (tertiary/aromatic N) is 3. The average Bonchev–Trinajstić information content (AvgIpc) is 2.88. The molecule has 1 N–H and O–H groups in total. The Morgan fingerprint density at radius 1 is 0.917 bits per heavy atom. The first-order valence-corrected chi connectivity index (χ1v) is 11.9. The number of hydrogen-bond acceptors (Lipinski definition) is 5. The summed E-state index contributed by atoms with van der Waals surface area (Å²) in [6, 6.07) is 18.5. The fourth-order valence-electron chi connectivity index (χ4n) is 3.85. The van der Waals surface area contributed by atoms with Gasteiger partial charge in [-0.15, -0.1) is 0 Å². The standard InChI is InChI=1S/C26H22Cl2N4O4/c27-22-17-20(32(35)36)8-9-21(22)26(34)29-19-7-10-24(23(28)16-19)30-12-14-31(15-13-30)25(33)11-6-18-4-2-1-3-5-18/h1-11,16-17H,12-15H2,(H,29,34)/b11-6+. The molecule has 0 aromatic heterocycles. The zero-order chi connectivity index (χ0) is 25.7. The quantitative estimate of drug-likeness (QED) is 0.260. The first kappa shape index (κ1) is 25.2. The SMILES string of the molecule is O=C(Nc1ccc(N2CCN(C(=O)/C=C/c3ccccc3)CC2)c(Cl)c1)c1ccc([N+](=O)[O-])cc1Cl. The van der Waals surface area contributed by atoms with E-state index in [1.807, 2.05) is 42.5 Å². The van der Waals surface area contributed by atoms with Crippen LogP contribution in [0.5, 0.6) is 0 Å². The second-order valence-electron chi connectivity index (χ2n) is 8.10. The van der Waals surface area contributed by atoms with Crippen LogP contribution in [-0.2, 0) is 4.79 Å². The summed E-state index contributed by atoms with van der Waals surface area (Å²) in [4.78, 5) is 39.3. The Bertz CT molecular complexity index is 1320. The Morgan fingerprint density at radius 3 is 2.28 bits per heavy atom. The Kier molecular flexibility index (Phi) is 7.87. The largest absolute Gasteiger partial charge is 0.367 e. The molecule has 1 saturated heterocycles. The average molecular weight is 525 g/mol. The van der Waals surface area contributed by atoms with Crippen molar-refractivity contribution in [1.82, 2.24) is 4.90 Å². The first-order chi connectivity index (χ1) is 17.3. The normalized spacial score (nSPS) is 13.6. The van der Waals surface area contributed by atoms with Crippen molar-refractivity contribution in [2.24, 2.45) is 0 Å². The lowest BCUT2D eigenvalue weighted by atomic mass is 10.1. The Balaban J connectivity index is 1.35. The van der Waals surface area contributed by atoms with E-state index in [0.717, 1.165) is 17.3 Å². The third-order valence-electron chi connectivity index (χ3n) is 5.76. The number of nitrogens with one attached hydrogen (secondary N) is 1. The number of rotatable bonds is 6. The van der Waals surface area contributed by atoms with E-state index in [2.05, 4.69) is 10.2 Å². The Labute approximate surface area is 217 Å². The first-order valence-electron chi connectivity index (χ1n) is 11.1. The molecule has 10 heteroatoms. The van der Waals surface area contributed by atoms with Crippen LogP contribution in [0, 0.1) is 10.1 Å². The van der Waals surface area contributed by atoms with Gasteiger partial charge in [-0.3, -0.25) is 19.7 Å². The number of piperazine rings is 1. The van der Waals surface area contributed by atoms with Gasteiger partial charge in [-0.2, -0.15) is 0 Å². The highest BCUT2D eigenvalue weighted by Crippen LogP contribution is 2.30. The van der Waals surface area contributed by atoms with Gasteiger partial charge in [0.05, 0.1) is 26.2 Å². The molecular formula is C26H22Cl2N4O4. The van der Waals surface area contributed by atoms with Gasteiger partial charge in [0.1, 0.15) is 0 Å². The number of carbonyl (C=O) groups is 2. The van der Waals surface area contributed by atoms with Crippen molar-refractivity contribution in [3.05, 3.63) is 104 Å². The summed E-state index contributed by atoms with van der Waals surface area (Å²) in [6.45, 7) is 2.36. The minimum Gasteiger partial charge on any atom is -0.367 e. The molecule has 1 aliphatic heterocycles. The molecule has 36 heavy (non-hydrogen) atoms. The maximum absolute atomic E-state index is 12.6. The molecule has 0 radical (unpaired) electrons. The summed E-state index contributed by atoms with van der Waals surface area (Å²) in [5.41, 5.74) is 2.15. The molecule has 8 nitrogen and oxygen atoms in total. The molecule has 0 bridgehead atoms. The topological polar surface area (TPSA) is 95.8 Å². The molecule has 4 rings (SSSR count). The smallest absolute Gasteiger partial charge is 0.270 e. The van der Waals surface area contributed by atoms with Gasteiger partial charge in [0.2, 0.25) is 5.91 Å². The molecule has 1 heterocycles. The van der Waals surface area contributed by atoms with Gasteiger partial charge in [0.25, 0.3) is 11.6 Å². The second-order valence-corrected chi connectivity index (χ2v) is 8.91. The maximum atomic E-state index is 12.6. The lowest BCUT2D eigenvalue weighted by Gasteiger charge is -2.36. The number of nitro groups is 1. The molecule has 0 aliphatic carbocycles. The van der Waals surface area contributed by atoms with E-state index in [4.69, 9.17) is 23.2 Å². The van der Waals surface area contributed by atoms with Gasteiger partial charge in [-0.25, -0.2) is 0 Å². The highest BCUT2D eigenvalue weighted by atomic mass is 35.5. The highest BCUT2D eigenvalue weighted by Gasteiger charge is 2.22. The van der Waals surface area contributed by atoms with Crippen molar-refractivity contribution in [3.63, 3.8) is 0 Å². The number of hydrogen-bond donors (Lipinski definition) is 1. The van der Waals surface area contributed by atoms with E-state index in [1.54, 1.807) is 23.1 Å².